The molecule has 1 aromatic rings. The Morgan fingerprint density at radius 2 is 1.41 bits per heavy atom. The van der Waals surface area contributed by atoms with Crippen LogP contribution in [-0.2, 0) is 0 Å². The van der Waals surface area contributed by atoms with Crippen LogP contribution in [0.2, 0.25) is 0 Å². The highest BCUT2D eigenvalue weighted by atomic mass is 19.4. The fraction of sp³-hybridized carbons (Fsp3) is 0.333. The van der Waals surface area contributed by atoms with E-state index in [4.69, 9.17) is 5.73 Å². The largest absolute Gasteiger partial charge is 0.469 e. The van der Waals surface area contributed by atoms with Crippen LogP contribution in [0, 0.1) is 0 Å². The van der Waals surface area contributed by atoms with Gasteiger partial charge < -0.3 is 10.5 Å². The van der Waals surface area contributed by atoms with Crippen LogP contribution in [-0.4, -0.2) is 18.5 Å². The molecule has 0 aromatic heterocycles. The van der Waals surface area contributed by atoms with E-state index < -0.39 is 24.2 Å². The SMILES string of the molecule is Nc1ccccc1OC(C(F)(F)F)C(F)(F)F. The van der Waals surface area contributed by atoms with E-state index in [0.29, 0.717) is 0 Å². The van der Waals surface area contributed by atoms with E-state index in [9.17, 15) is 26.3 Å². The molecule has 1 aromatic carbocycles. The molecule has 1 rings (SSSR count). The predicted molar refractivity (Wildman–Crippen MR) is 47.4 cm³/mol. The third-order valence-corrected chi connectivity index (χ3v) is 1.76. The molecule has 0 saturated carbocycles. The number of ether oxygens (including phenoxy) is 1. The Hall–Kier alpha value is -1.60. The number of alkyl halides is 6. The molecule has 0 aliphatic rings. The topological polar surface area (TPSA) is 35.2 Å². The van der Waals surface area contributed by atoms with E-state index in [1.54, 1.807) is 0 Å². The molecule has 0 spiro atoms. The molecule has 0 saturated heterocycles. The third-order valence-electron chi connectivity index (χ3n) is 1.76. The van der Waals surface area contributed by atoms with Crippen molar-refractivity contribution in [3.8, 4) is 5.75 Å². The number of nitrogens with two attached hydrogens (primary N) is 1. The Morgan fingerprint density at radius 3 is 1.82 bits per heavy atom. The van der Waals surface area contributed by atoms with E-state index in [1.165, 1.54) is 12.1 Å². The highest BCUT2D eigenvalue weighted by molar-refractivity contribution is 5.51. The van der Waals surface area contributed by atoms with Gasteiger partial charge >= 0.3 is 12.4 Å². The Labute approximate surface area is 92.0 Å². The van der Waals surface area contributed by atoms with Crippen LogP contribution in [0.25, 0.3) is 0 Å². The van der Waals surface area contributed by atoms with Crippen molar-refractivity contribution in [2.24, 2.45) is 0 Å². The Morgan fingerprint density at radius 1 is 0.941 bits per heavy atom. The smallest absolute Gasteiger partial charge is 0.434 e. The lowest BCUT2D eigenvalue weighted by molar-refractivity contribution is -0.299. The predicted octanol–water partition coefficient (Wildman–Crippen LogP) is 3.14. The number of hydrogen-bond donors (Lipinski definition) is 1. The number of nitrogen functional groups attached to an aromatic ring is 1. The second-order valence-electron chi connectivity index (χ2n) is 3.12. The Balaban J connectivity index is 3.00. The summed E-state index contributed by atoms with van der Waals surface area (Å²) in [4.78, 5) is 0. The summed E-state index contributed by atoms with van der Waals surface area (Å²) >= 11 is 0. The fourth-order valence-corrected chi connectivity index (χ4v) is 1.03. The molecule has 0 heterocycles. The summed E-state index contributed by atoms with van der Waals surface area (Å²) in [5.41, 5.74) is 4.90. The molecular formula is C9H7F6NO. The minimum absolute atomic E-state index is 0.300. The van der Waals surface area contributed by atoms with Crippen LogP contribution < -0.4 is 10.5 Å². The molecule has 0 amide bonds. The molecule has 2 N–H and O–H groups in total. The van der Waals surface area contributed by atoms with Gasteiger partial charge in [-0.15, -0.1) is 0 Å². The van der Waals surface area contributed by atoms with Gasteiger partial charge in [0, 0.05) is 0 Å². The molecule has 0 atom stereocenters. The zero-order valence-electron chi connectivity index (χ0n) is 8.14. The fourth-order valence-electron chi connectivity index (χ4n) is 1.03. The van der Waals surface area contributed by atoms with Gasteiger partial charge in [0.05, 0.1) is 5.69 Å². The molecule has 0 radical (unpaired) electrons. The maximum Gasteiger partial charge on any atom is 0.434 e. The van der Waals surface area contributed by atoms with Crippen molar-refractivity contribution >= 4 is 5.69 Å². The van der Waals surface area contributed by atoms with Gasteiger partial charge in [-0.1, -0.05) is 12.1 Å². The quantitative estimate of drug-likeness (QED) is 0.654. The van der Waals surface area contributed by atoms with Gasteiger partial charge in [0.1, 0.15) is 5.75 Å². The summed E-state index contributed by atoms with van der Waals surface area (Å²) in [5.74, 6) is -0.660. The first-order valence-corrected chi connectivity index (χ1v) is 4.27. The monoisotopic (exact) mass is 259 g/mol. The second-order valence-corrected chi connectivity index (χ2v) is 3.12. The van der Waals surface area contributed by atoms with Crippen molar-refractivity contribution in [2.75, 3.05) is 5.73 Å². The van der Waals surface area contributed by atoms with Gasteiger partial charge in [0.15, 0.2) is 0 Å². The molecule has 96 valence electrons. The van der Waals surface area contributed by atoms with Crippen LogP contribution in [0.4, 0.5) is 32.0 Å². The lowest BCUT2D eigenvalue weighted by Gasteiger charge is -2.24. The van der Waals surface area contributed by atoms with Crippen molar-refractivity contribution in [1.29, 1.82) is 0 Å². The van der Waals surface area contributed by atoms with Crippen molar-refractivity contribution in [3.63, 3.8) is 0 Å². The van der Waals surface area contributed by atoms with Crippen LogP contribution >= 0.6 is 0 Å². The molecule has 0 aliphatic heterocycles. The molecule has 8 heteroatoms. The van der Waals surface area contributed by atoms with E-state index in [2.05, 4.69) is 4.74 Å². The van der Waals surface area contributed by atoms with Crippen LogP contribution in [0.1, 0.15) is 0 Å². The molecular weight excluding hydrogens is 252 g/mol. The highest BCUT2D eigenvalue weighted by Gasteiger charge is 2.59. The summed E-state index contributed by atoms with van der Waals surface area (Å²) in [6.07, 6.45) is -15.0. The maximum atomic E-state index is 12.1. The number of rotatable bonds is 2. The van der Waals surface area contributed by atoms with Crippen LogP contribution in [0.15, 0.2) is 24.3 Å². The van der Waals surface area contributed by atoms with E-state index in [1.807, 2.05) is 0 Å². The van der Waals surface area contributed by atoms with Gasteiger partial charge in [-0.2, -0.15) is 26.3 Å². The molecule has 17 heavy (non-hydrogen) atoms. The van der Waals surface area contributed by atoms with Crippen molar-refractivity contribution < 1.29 is 31.1 Å². The van der Waals surface area contributed by atoms with E-state index in [-0.39, 0.29) is 5.69 Å². The summed E-state index contributed by atoms with van der Waals surface area (Å²) in [6, 6.07) is 4.65. The molecule has 2 nitrogen and oxygen atoms in total. The van der Waals surface area contributed by atoms with Crippen molar-refractivity contribution in [2.45, 2.75) is 18.5 Å². The van der Waals surface area contributed by atoms with Crippen molar-refractivity contribution in [3.05, 3.63) is 24.3 Å². The highest BCUT2D eigenvalue weighted by Crippen LogP contribution is 2.37. The minimum atomic E-state index is -5.56. The van der Waals surface area contributed by atoms with E-state index >= 15 is 0 Å². The number of para-hydroxylation sites is 2. The second kappa shape index (κ2) is 4.34. The third kappa shape index (κ3) is 3.43. The molecule has 0 bridgehead atoms. The lowest BCUT2D eigenvalue weighted by Crippen LogP contribution is -2.46. The van der Waals surface area contributed by atoms with Gasteiger partial charge in [-0.05, 0) is 12.1 Å². The summed E-state index contributed by atoms with van der Waals surface area (Å²) in [6.45, 7) is 0. The van der Waals surface area contributed by atoms with Gasteiger partial charge in [0.25, 0.3) is 6.10 Å². The normalized spacial score (nSPS) is 12.9. The number of anilines is 1. The first-order valence-electron chi connectivity index (χ1n) is 4.27. The zero-order valence-corrected chi connectivity index (χ0v) is 8.14. The lowest BCUT2D eigenvalue weighted by atomic mass is 10.3. The standard InChI is InChI=1S/C9H7F6NO/c10-8(11,12)7(9(13,14)15)17-6-4-2-1-3-5(6)16/h1-4,7H,16H2. The summed E-state index contributed by atoms with van der Waals surface area (Å²) in [7, 11) is 0. The summed E-state index contributed by atoms with van der Waals surface area (Å²) in [5, 5.41) is 0. The molecule has 0 fully saturated rings. The molecule has 0 unspecified atom stereocenters. The maximum absolute atomic E-state index is 12.1. The zero-order chi connectivity index (χ0) is 13.3. The Kier molecular flexibility index (Phi) is 3.44. The molecule has 0 aliphatic carbocycles. The average molecular weight is 259 g/mol. The minimum Gasteiger partial charge on any atom is -0.469 e. The average Bonchev–Trinajstić information content (AvgIpc) is 2.12. The number of benzene rings is 1. The van der Waals surface area contributed by atoms with E-state index in [0.717, 1.165) is 12.1 Å². The van der Waals surface area contributed by atoms with Gasteiger partial charge in [0.2, 0.25) is 0 Å². The van der Waals surface area contributed by atoms with Crippen molar-refractivity contribution in [1.82, 2.24) is 0 Å². The Bertz CT molecular complexity index is 372. The summed E-state index contributed by atoms with van der Waals surface area (Å²) < 4.78 is 76.8. The van der Waals surface area contributed by atoms with Crippen LogP contribution in [0.5, 0.6) is 5.75 Å². The van der Waals surface area contributed by atoms with Gasteiger partial charge in [-0.3, -0.25) is 0 Å². The van der Waals surface area contributed by atoms with Gasteiger partial charge in [-0.25, -0.2) is 0 Å². The number of halogens is 6. The van der Waals surface area contributed by atoms with Crippen LogP contribution in [0.3, 0.4) is 0 Å². The number of hydrogen-bond acceptors (Lipinski definition) is 2. The first-order chi connectivity index (χ1) is 7.62. The first kappa shape index (κ1) is 13.5.